The van der Waals surface area contributed by atoms with Gasteiger partial charge in [-0.05, 0) is 12.8 Å². The maximum atomic E-state index is 10.6. The van der Waals surface area contributed by atoms with Gasteiger partial charge in [-0.2, -0.15) is 0 Å². The molecule has 0 radical (unpaired) electrons. The van der Waals surface area contributed by atoms with Gasteiger partial charge in [0.25, 0.3) is 0 Å². The fourth-order valence-electron chi connectivity index (χ4n) is 1.76. The molecule has 1 saturated carbocycles. The van der Waals surface area contributed by atoms with E-state index in [1.807, 2.05) is 0 Å². The first-order valence-electron chi connectivity index (χ1n) is 4.83. The summed E-state index contributed by atoms with van der Waals surface area (Å²) in [6, 6.07) is -0.509. The Hall–Kier alpha value is 0.390. The van der Waals surface area contributed by atoms with Crippen LogP contribution < -0.4 is 34.9 Å². The minimum absolute atomic E-state index is 0. The molecule has 0 saturated heterocycles. The molecule has 0 aromatic rings. The van der Waals surface area contributed by atoms with Gasteiger partial charge in [-0.1, -0.05) is 19.3 Å². The van der Waals surface area contributed by atoms with Crippen molar-refractivity contribution < 1.29 is 46.0 Å². The molecule has 1 aliphatic carbocycles. The predicted molar refractivity (Wildman–Crippen MR) is 49.6 cm³/mol. The van der Waals surface area contributed by atoms with Crippen molar-refractivity contribution in [2.75, 3.05) is 6.61 Å². The molecule has 0 aliphatic heterocycles. The summed E-state index contributed by atoms with van der Waals surface area (Å²) >= 11 is 0. The average Bonchev–Trinajstić information content (AvgIpc) is 2.15. The molecule has 14 heavy (non-hydrogen) atoms. The molecule has 1 unspecified atom stereocenters. The minimum atomic E-state index is -0.965. The monoisotopic (exact) mass is 211 g/mol. The molecule has 0 bridgehead atoms. The molecule has 1 fully saturated rings. The van der Waals surface area contributed by atoms with Gasteiger partial charge in [-0.25, -0.2) is 0 Å². The van der Waals surface area contributed by atoms with Crippen LogP contribution in [-0.4, -0.2) is 34.9 Å². The van der Waals surface area contributed by atoms with Gasteiger partial charge in [0.2, 0.25) is 0 Å². The zero-order valence-corrected chi connectivity index (χ0v) is 10.7. The van der Waals surface area contributed by atoms with Gasteiger partial charge in [-0.15, -0.1) is 0 Å². The Morgan fingerprint density at radius 1 is 1.43 bits per heavy atom. The van der Waals surface area contributed by atoms with E-state index in [1.165, 1.54) is 6.42 Å². The Morgan fingerprint density at radius 3 is 2.43 bits per heavy atom. The van der Waals surface area contributed by atoms with Gasteiger partial charge >= 0.3 is 35.5 Å². The van der Waals surface area contributed by atoms with Gasteiger partial charge in [0, 0.05) is 6.04 Å². The van der Waals surface area contributed by atoms with Crippen LogP contribution in [0.1, 0.15) is 33.5 Å². The van der Waals surface area contributed by atoms with Crippen molar-refractivity contribution in [3.05, 3.63) is 0 Å². The molecule has 3 N–H and O–H groups in total. The van der Waals surface area contributed by atoms with Gasteiger partial charge in [0.1, 0.15) is 6.04 Å². The average molecular weight is 211 g/mol. The minimum Gasteiger partial charge on any atom is -1.00 e. The van der Waals surface area contributed by atoms with Crippen molar-refractivity contribution in [2.24, 2.45) is 0 Å². The van der Waals surface area contributed by atoms with Gasteiger partial charge in [-0.3, -0.25) is 10.1 Å². The molecule has 1 rings (SSSR count). The Balaban J connectivity index is 0. The van der Waals surface area contributed by atoms with E-state index in [-0.39, 0.29) is 43.6 Å². The number of carboxylic acids is 1. The summed E-state index contributed by atoms with van der Waals surface area (Å²) in [5.41, 5.74) is 0. The number of aliphatic hydroxyl groups excluding tert-OH is 1. The summed E-state index contributed by atoms with van der Waals surface area (Å²) in [6.45, 7) is -0.328. The van der Waals surface area contributed by atoms with Crippen molar-refractivity contribution >= 4 is 5.97 Å². The third-order valence-corrected chi connectivity index (χ3v) is 2.52. The van der Waals surface area contributed by atoms with Crippen LogP contribution in [0.4, 0.5) is 0 Å². The zero-order valence-electron chi connectivity index (χ0n) is 9.70. The molecule has 4 nitrogen and oxygen atoms in total. The third-order valence-electron chi connectivity index (χ3n) is 2.52. The van der Waals surface area contributed by atoms with Crippen molar-refractivity contribution in [3.63, 3.8) is 0 Å². The van der Waals surface area contributed by atoms with E-state index in [9.17, 15) is 4.79 Å². The van der Waals surface area contributed by atoms with Crippen molar-refractivity contribution in [1.82, 2.24) is 5.32 Å². The van der Waals surface area contributed by atoms with Crippen LogP contribution in [0.25, 0.3) is 0 Å². The predicted octanol–water partition coefficient (Wildman–Crippen LogP) is -2.53. The van der Waals surface area contributed by atoms with Gasteiger partial charge in [0.05, 0.1) is 6.61 Å². The molecule has 1 aliphatic rings. The topological polar surface area (TPSA) is 69.6 Å². The second-order valence-corrected chi connectivity index (χ2v) is 3.57. The van der Waals surface area contributed by atoms with E-state index < -0.39 is 12.0 Å². The van der Waals surface area contributed by atoms with E-state index in [0.717, 1.165) is 25.7 Å². The van der Waals surface area contributed by atoms with Crippen LogP contribution in [-0.2, 0) is 4.79 Å². The smallest absolute Gasteiger partial charge is 1.00 e. The Morgan fingerprint density at radius 2 is 2.00 bits per heavy atom. The number of rotatable bonds is 4. The van der Waals surface area contributed by atoms with E-state index in [0.29, 0.717) is 0 Å². The van der Waals surface area contributed by atoms with Crippen LogP contribution in [0.5, 0.6) is 0 Å². The second kappa shape index (κ2) is 7.65. The quantitative estimate of drug-likeness (QED) is 0.449. The first-order valence-corrected chi connectivity index (χ1v) is 4.83. The Kier molecular flexibility index (Phi) is 7.86. The Labute approximate surface area is 108 Å². The van der Waals surface area contributed by atoms with Gasteiger partial charge < -0.3 is 11.6 Å². The summed E-state index contributed by atoms with van der Waals surface area (Å²) in [6.07, 6.45) is 5.63. The van der Waals surface area contributed by atoms with E-state index >= 15 is 0 Å². The standard InChI is InChI=1S/C9H17NO3.Na.H/c11-6-8(9(12)13)10-7-4-2-1-3-5-7;;/h7-8,10-11H,1-6H2,(H,12,13);;/q;+1;-1. The molecule has 0 amide bonds. The SMILES string of the molecule is O=C(O)C(CO)NC1CCCCC1.[H-].[Na+]. The molecule has 1 atom stereocenters. The third kappa shape index (κ3) is 4.75. The van der Waals surface area contributed by atoms with Crippen LogP contribution in [0, 0.1) is 0 Å². The molecular formula is C9H18NNaO3. The largest absolute Gasteiger partial charge is 1.00 e. The van der Waals surface area contributed by atoms with Crippen LogP contribution in [0.3, 0.4) is 0 Å². The van der Waals surface area contributed by atoms with Crippen LogP contribution >= 0.6 is 0 Å². The summed E-state index contributed by atoms with van der Waals surface area (Å²) < 4.78 is 0. The normalized spacial score (nSPS) is 19.8. The zero-order chi connectivity index (χ0) is 9.68. The Bertz CT molecular complexity index is 177. The van der Waals surface area contributed by atoms with Crippen LogP contribution in [0.2, 0.25) is 0 Å². The van der Waals surface area contributed by atoms with Crippen molar-refractivity contribution in [3.8, 4) is 0 Å². The molecule has 0 aromatic carbocycles. The fourth-order valence-corrected chi connectivity index (χ4v) is 1.76. The number of carbonyl (C=O) groups is 1. The maximum absolute atomic E-state index is 10.6. The summed E-state index contributed by atoms with van der Waals surface area (Å²) in [5, 5.41) is 20.4. The molecule has 0 heterocycles. The molecular weight excluding hydrogens is 193 g/mol. The number of carboxylic acid groups (broad SMARTS) is 1. The first-order chi connectivity index (χ1) is 6.24. The number of hydrogen-bond donors (Lipinski definition) is 3. The van der Waals surface area contributed by atoms with Crippen molar-refractivity contribution in [2.45, 2.75) is 44.2 Å². The van der Waals surface area contributed by atoms with E-state index in [4.69, 9.17) is 10.2 Å². The van der Waals surface area contributed by atoms with Gasteiger partial charge in [0.15, 0.2) is 0 Å². The number of nitrogens with one attached hydrogen (secondary N) is 1. The first kappa shape index (κ1) is 14.4. The van der Waals surface area contributed by atoms with E-state index in [2.05, 4.69) is 5.32 Å². The number of aliphatic carboxylic acids is 1. The second-order valence-electron chi connectivity index (χ2n) is 3.57. The number of aliphatic hydroxyl groups is 1. The summed E-state index contributed by atoms with van der Waals surface area (Å²) in [7, 11) is 0. The van der Waals surface area contributed by atoms with E-state index in [1.54, 1.807) is 0 Å². The van der Waals surface area contributed by atoms with Crippen LogP contribution in [0.15, 0.2) is 0 Å². The van der Waals surface area contributed by atoms with Crippen molar-refractivity contribution in [1.29, 1.82) is 0 Å². The molecule has 5 heteroatoms. The molecule has 78 valence electrons. The number of hydrogen-bond acceptors (Lipinski definition) is 3. The fraction of sp³-hybridized carbons (Fsp3) is 0.889. The molecule has 0 spiro atoms. The summed E-state index contributed by atoms with van der Waals surface area (Å²) in [4.78, 5) is 10.6. The maximum Gasteiger partial charge on any atom is 1.00 e. The molecule has 0 aromatic heterocycles. The summed E-state index contributed by atoms with van der Waals surface area (Å²) in [5.74, 6) is -0.965.